The van der Waals surface area contributed by atoms with Crippen LogP contribution in [0.2, 0.25) is 0 Å². The Balaban J connectivity index is 1.70. The van der Waals surface area contributed by atoms with Gasteiger partial charge in [-0.1, -0.05) is 48.5 Å². The van der Waals surface area contributed by atoms with Crippen LogP contribution in [0.3, 0.4) is 0 Å². The fourth-order valence-electron chi connectivity index (χ4n) is 3.88. The first-order valence-electron chi connectivity index (χ1n) is 11.0. The number of ether oxygens (including phenoxy) is 1. The molecule has 4 aromatic rings. The average molecular weight is 469 g/mol. The van der Waals surface area contributed by atoms with Crippen molar-refractivity contribution in [1.29, 1.82) is 0 Å². The zero-order chi connectivity index (χ0) is 23.7. The van der Waals surface area contributed by atoms with Crippen molar-refractivity contribution in [3.63, 3.8) is 0 Å². The highest BCUT2D eigenvalue weighted by atomic mass is 32.1. The van der Waals surface area contributed by atoms with Crippen molar-refractivity contribution in [3.8, 4) is 17.0 Å². The molecule has 3 aromatic carbocycles. The molecular weight excluding hydrogens is 444 g/mol. The van der Waals surface area contributed by atoms with Crippen LogP contribution in [0.1, 0.15) is 23.6 Å². The second-order valence-corrected chi connectivity index (χ2v) is 9.00. The molecule has 7 heteroatoms. The first-order valence-corrected chi connectivity index (χ1v) is 11.9. The summed E-state index contributed by atoms with van der Waals surface area (Å²) in [6, 6.07) is 22.0. The normalized spacial score (nSPS) is 13.9. The van der Waals surface area contributed by atoms with Gasteiger partial charge in [0.25, 0.3) is 5.91 Å². The number of hydrogen-bond donors (Lipinski definition) is 1. The Morgan fingerprint density at radius 1 is 1.03 bits per heavy atom. The minimum Gasteiger partial charge on any atom is -0.482 e. The van der Waals surface area contributed by atoms with Crippen LogP contribution >= 0.6 is 11.3 Å². The highest BCUT2D eigenvalue weighted by Gasteiger charge is 2.18. The van der Waals surface area contributed by atoms with E-state index in [-0.39, 0.29) is 12.5 Å². The topological polar surface area (TPSA) is 68.0 Å². The van der Waals surface area contributed by atoms with Crippen LogP contribution in [0.4, 0.5) is 11.4 Å². The van der Waals surface area contributed by atoms with Gasteiger partial charge in [-0.25, -0.2) is 9.67 Å². The summed E-state index contributed by atoms with van der Waals surface area (Å²) in [6.45, 7) is 6.16. The number of benzene rings is 3. The summed E-state index contributed by atoms with van der Waals surface area (Å²) in [5, 5.41) is 9.91. The molecule has 1 N–H and O–H groups in total. The monoisotopic (exact) mass is 468 g/mol. The molecule has 1 amide bonds. The van der Waals surface area contributed by atoms with Crippen LogP contribution in [0, 0.1) is 13.8 Å². The zero-order valence-electron chi connectivity index (χ0n) is 19.2. The van der Waals surface area contributed by atoms with E-state index in [1.165, 1.54) is 11.3 Å². The molecule has 0 aliphatic carbocycles. The number of aromatic nitrogens is 1. The highest BCUT2D eigenvalue weighted by molar-refractivity contribution is 7.07. The van der Waals surface area contributed by atoms with Gasteiger partial charge in [0.2, 0.25) is 4.80 Å². The van der Waals surface area contributed by atoms with E-state index in [9.17, 15) is 4.79 Å². The molecule has 0 saturated heterocycles. The van der Waals surface area contributed by atoms with Gasteiger partial charge < -0.3 is 10.1 Å². The number of rotatable bonds is 4. The van der Waals surface area contributed by atoms with E-state index < -0.39 is 0 Å². The molecule has 34 heavy (non-hydrogen) atoms. The van der Waals surface area contributed by atoms with Gasteiger partial charge in [0.05, 0.1) is 22.8 Å². The predicted molar refractivity (Wildman–Crippen MR) is 137 cm³/mol. The van der Waals surface area contributed by atoms with E-state index in [1.807, 2.05) is 71.6 Å². The van der Waals surface area contributed by atoms with Crippen molar-refractivity contribution in [1.82, 2.24) is 4.68 Å². The lowest BCUT2D eigenvalue weighted by Crippen LogP contribution is -2.25. The van der Waals surface area contributed by atoms with Gasteiger partial charge in [0.15, 0.2) is 6.61 Å². The molecule has 0 saturated carbocycles. The Labute approximate surface area is 201 Å². The van der Waals surface area contributed by atoms with Crippen molar-refractivity contribution >= 4 is 34.3 Å². The third-order valence-electron chi connectivity index (χ3n) is 5.68. The largest absolute Gasteiger partial charge is 0.482 e. The number of nitrogens with one attached hydrogen (secondary N) is 1. The average Bonchev–Trinajstić information content (AvgIpc) is 3.23. The second-order valence-electron chi connectivity index (χ2n) is 8.17. The summed E-state index contributed by atoms with van der Waals surface area (Å²) >= 11 is 1.53. The number of carbonyl (C=O) groups is 1. The van der Waals surface area contributed by atoms with Gasteiger partial charge in [0, 0.05) is 10.9 Å². The maximum atomic E-state index is 11.8. The molecule has 1 aliphatic heterocycles. The summed E-state index contributed by atoms with van der Waals surface area (Å²) in [4.78, 5) is 17.6. The number of amides is 1. The molecular formula is C27H24N4O2S. The quantitative estimate of drug-likeness (QED) is 0.392. The number of aryl methyl sites for hydroxylation is 2. The van der Waals surface area contributed by atoms with Crippen LogP contribution in [-0.2, 0) is 4.79 Å². The van der Waals surface area contributed by atoms with Crippen LogP contribution in [0.15, 0.2) is 82.2 Å². The van der Waals surface area contributed by atoms with Crippen molar-refractivity contribution < 1.29 is 9.53 Å². The lowest BCUT2D eigenvalue weighted by atomic mass is 10.1. The minimum atomic E-state index is -0.161. The summed E-state index contributed by atoms with van der Waals surface area (Å²) in [6.07, 6.45) is 0. The molecule has 0 bridgehead atoms. The molecule has 0 atom stereocenters. The highest BCUT2D eigenvalue weighted by Crippen LogP contribution is 2.33. The Kier molecular flexibility index (Phi) is 5.86. The SMILES string of the molecule is CC(=Nn1c(-c2ccc3c(c2)NC(=O)CO3)csc1=Nc1c(C)cccc1C)c1ccccc1. The summed E-state index contributed by atoms with van der Waals surface area (Å²) in [7, 11) is 0. The summed E-state index contributed by atoms with van der Waals surface area (Å²) in [5.41, 5.74) is 7.53. The van der Waals surface area contributed by atoms with Gasteiger partial charge >= 0.3 is 0 Å². The Morgan fingerprint density at radius 2 is 1.79 bits per heavy atom. The standard InChI is InChI=1S/C27H24N4O2S/c1-17-8-7-9-18(2)26(17)29-27-31(30-19(3)20-10-5-4-6-11-20)23(16-34-27)21-12-13-24-22(14-21)28-25(32)15-33-24/h4-14,16H,15H2,1-3H3,(H,28,32). The molecule has 0 radical (unpaired) electrons. The third-order valence-corrected chi connectivity index (χ3v) is 6.50. The van der Waals surface area contributed by atoms with Crippen LogP contribution in [-0.4, -0.2) is 22.9 Å². The first kappa shape index (κ1) is 21.9. The Bertz CT molecular complexity index is 1460. The molecule has 0 unspecified atom stereocenters. The van der Waals surface area contributed by atoms with E-state index in [1.54, 1.807) is 0 Å². The van der Waals surface area contributed by atoms with E-state index in [0.29, 0.717) is 11.4 Å². The number of nitrogens with zero attached hydrogens (tertiary/aromatic N) is 3. The van der Waals surface area contributed by atoms with Crippen molar-refractivity contribution in [2.24, 2.45) is 10.1 Å². The van der Waals surface area contributed by atoms with Crippen molar-refractivity contribution in [3.05, 3.63) is 93.6 Å². The lowest BCUT2D eigenvalue weighted by molar-refractivity contribution is -0.118. The van der Waals surface area contributed by atoms with Gasteiger partial charge in [-0.15, -0.1) is 11.3 Å². The van der Waals surface area contributed by atoms with E-state index in [4.69, 9.17) is 14.8 Å². The zero-order valence-corrected chi connectivity index (χ0v) is 20.0. The van der Waals surface area contributed by atoms with Gasteiger partial charge in [-0.05, 0) is 55.7 Å². The van der Waals surface area contributed by atoms with Gasteiger partial charge in [-0.3, -0.25) is 4.79 Å². The van der Waals surface area contributed by atoms with Crippen LogP contribution in [0.25, 0.3) is 11.3 Å². The Morgan fingerprint density at radius 3 is 2.56 bits per heavy atom. The maximum Gasteiger partial charge on any atom is 0.262 e. The van der Waals surface area contributed by atoms with E-state index in [2.05, 4.69) is 31.3 Å². The molecule has 0 fully saturated rings. The fraction of sp³-hybridized carbons (Fsp3) is 0.148. The van der Waals surface area contributed by atoms with Crippen molar-refractivity contribution in [2.75, 3.05) is 11.9 Å². The number of carbonyl (C=O) groups excluding carboxylic acids is 1. The number of thiazole rings is 1. The number of hydrogen-bond acceptors (Lipinski definition) is 5. The molecule has 1 aliphatic rings. The smallest absolute Gasteiger partial charge is 0.262 e. The number of para-hydroxylation sites is 1. The summed E-state index contributed by atoms with van der Waals surface area (Å²) < 4.78 is 7.41. The molecule has 5 rings (SSSR count). The maximum absolute atomic E-state index is 11.8. The molecule has 170 valence electrons. The van der Waals surface area contributed by atoms with E-state index >= 15 is 0 Å². The fourth-order valence-corrected chi connectivity index (χ4v) is 4.72. The molecule has 6 nitrogen and oxygen atoms in total. The summed E-state index contributed by atoms with van der Waals surface area (Å²) in [5.74, 6) is 0.501. The van der Waals surface area contributed by atoms with Crippen molar-refractivity contribution in [2.45, 2.75) is 20.8 Å². The number of anilines is 1. The molecule has 0 spiro atoms. The van der Waals surface area contributed by atoms with Gasteiger partial charge in [-0.2, -0.15) is 5.10 Å². The van der Waals surface area contributed by atoms with Crippen LogP contribution < -0.4 is 14.9 Å². The number of fused-ring (bicyclic) bond motifs is 1. The van der Waals surface area contributed by atoms with Gasteiger partial charge in [0.1, 0.15) is 5.75 Å². The lowest BCUT2D eigenvalue weighted by Gasteiger charge is -2.18. The first-order chi connectivity index (χ1) is 16.5. The minimum absolute atomic E-state index is 0.0319. The third kappa shape index (κ3) is 4.30. The molecule has 1 aromatic heterocycles. The second kappa shape index (κ2) is 9.11. The Hall–Kier alpha value is -3.97. The molecule has 2 heterocycles. The van der Waals surface area contributed by atoms with E-state index in [0.717, 1.165) is 44.1 Å². The van der Waals surface area contributed by atoms with Crippen LogP contribution in [0.5, 0.6) is 5.75 Å². The predicted octanol–water partition coefficient (Wildman–Crippen LogP) is 5.67.